The van der Waals surface area contributed by atoms with E-state index in [9.17, 15) is 22.4 Å². The van der Waals surface area contributed by atoms with Gasteiger partial charge in [-0.25, -0.2) is 27.8 Å². The highest BCUT2D eigenvalue weighted by Gasteiger charge is 2.31. The number of amides is 1. The molecule has 0 spiro atoms. The van der Waals surface area contributed by atoms with Crippen molar-refractivity contribution in [1.29, 1.82) is 0 Å². The van der Waals surface area contributed by atoms with Crippen LogP contribution in [0.25, 0.3) is 22.3 Å². The molecule has 13 heteroatoms. The summed E-state index contributed by atoms with van der Waals surface area (Å²) in [5.41, 5.74) is 6.45. The van der Waals surface area contributed by atoms with E-state index < -0.39 is 40.6 Å². The van der Waals surface area contributed by atoms with Crippen LogP contribution in [0.4, 0.5) is 27.8 Å². The minimum Gasteiger partial charge on any atom is -0.451 e. The smallest absolute Gasteiger partial charge is 0.246 e. The van der Waals surface area contributed by atoms with Gasteiger partial charge in [0.15, 0.2) is 17.3 Å². The Balaban J connectivity index is 1.52. The Kier molecular flexibility index (Phi) is 6.43. The first-order valence-electron chi connectivity index (χ1n) is 11.4. The average molecular weight is 530 g/mol. The molecule has 2 aromatic heterocycles. The normalized spacial score (nSPS) is 15.6. The van der Waals surface area contributed by atoms with Crippen LogP contribution < -0.4 is 10.5 Å². The van der Waals surface area contributed by atoms with Crippen LogP contribution in [0.15, 0.2) is 42.7 Å². The number of anilines is 1. The molecular weight excluding hydrogens is 511 g/mol. The zero-order valence-corrected chi connectivity index (χ0v) is 19.8. The first-order valence-corrected chi connectivity index (χ1v) is 11.4. The van der Waals surface area contributed by atoms with Gasteiger partial charge >= 0.3 is 0 Å². The molecule has 3 heterocycles. The number of nitrogens with zero attached hydrogens (tertiary/aromatic N) is 5. The van der Waals surface area contributed by atoms with Crippen molar-refractivity contribution in [3.63, 3.8) is 0 Å². The van der Waals surface area contributed by atoms with Crippen molar-refractivity contribution in [2.45, 2.75) is 19.4 Å². The second kappa shape index (κ2) is 9.72. The Morgan fingerprint density at radius 1 is 1.08 bits per heavy atom. The zero-order chi connectivity index (χ0) is 27.1. The van der Waals surface area contributed by atoms with Crippen LogP contribution in [0.5, 0.6) is 11.5 Å². The van der Waals surface area contributed by atoms with Crippen molar-refractivity contribution in [3.05, 3.63) is 71.8 Å². The summed E-state index contributed by atoms with van der Waals surface area (Å²) in [7, 11) is 0. The van der Waals surface area contributed by atoms with Gasteiger partial charge in [-0.15, -0.1) is 0 Å². The number of hydrogen-bond donors (Lipinski definition) is 1. The molecular formula is C25H19F5N6O2. The number of nitrogen functional groups attached to an aromatic ring is 1. The van der Waals surface area contributed by atoms with Gasteiger partial charge in [0.2, 0.25) is 23.3 Å². The SMILES string of the molecule is CC=CC(=O)N1CCC(n2nc(-c3ccc(Oc4c(F)c(F)cc(F)c4F)cc3F)c3c(N)ncnc32)C1. The number of benzene rings is 2. The fourth-order valence-corrected chi connectivity index (χ4v) is 4.34. The van der Waals surface area contributed by atoms with Gasteiger partial charge in [0, 0.05) is 30.8 Å². The Labute approximate surface area is 212 Å². The summed E-state index contributed by atoms with van der Waals surface area (Å²) in [6.45, 7) is 2.58. The largest absolute Gasteiger partial charge is 0.451 e. The first kappa shape index (κ1) is 25.1. The van der Waals surface area contributed by atoms with Crippen molar-refractivity contribution in [2.24, 2.45) is 0 Å². The quantitative estimate of drug-likeness (QED) is 0.224. The van der Waals surface area contributed by atoms with Crippen LogP contribution in [-0.2, 0) is 4.79 Å². The molecule has 2 aromatic carbocycles. The van der Waals surface area contributed by atoms with E-state index in [1.807, 2.05) is 0 Å². The van der Waals surface area contributed by atoms with E-state index in [4.69, 9.17) is 10.5 Å². The lowest BCUT2D eigenvalue weighted by Gasteiger charge is -2.15. The molecule has 1 aliphatic heterocycles. The predicted molar refractivity (Wildman–Crippen MR) is 127 cm³/mol. The number of carbonyl (C=O) groups excluding carboxylic acids is 1. The van der Waals surface area contributed by atoms with Gasteiger partial charge in [0.1, 0.15) is 29.4 Å². The van der Waals surface area contributed by atoms with Gasteiger partial charge in [-0.1, -0.05) is 6.08 Å². The van der Waals surface area contributed by atoms with E-state index in [1.165, 1.54) is 18.5 Å². The third kappa shape index (κ3) is 4.29. The third-order valence-electron chi connectivity index (χ3n) is 6.14. The molecule has 1 fully saturated rings. The van der Waals surface area contributed by atoms with Crippen molar-refractivity contribution < 1.29 is 31.5 Å². The second-order valence-corrected chi connectivity index (χ2v) is 8.52. The lowest BCUT2D eigenvalue weighted by atomic mass is 10.1. The van der Waals surface area contributed by atoms with Crippen LogP contribution in [-0.4, -0.2) is 43.6 Å². The molecule has 2 N–H and O–H groups in total. The molecule has 38 heavy (non-hydrogen) atoms. The van der Waals surface area contributed by atoms with Crippen LogP contribution in [0, 0.1) is 29.1 Å². The van der Waals surface area contributed by atoms with Crippen LogP contribution in [0.1, 0.15) is 19.4 Å². The number of carbonyl (C=O) groups is 1. The molecule has 8 nitrogen and oxygen atoms in total. The summed E-state index contributed by atoms with van der Waals surface area (Å²) in [4.78, 5) is 22.2. The van der Waals surface area contributed by atoms with Crippen molar-refractivity contribution in [2.75, 3.05) is 18.8 Å². The van der Waals surface area contributed by atoms with Gasteiger partial charge in [-0.3, -0.25) is 4.79 Å². The van der Waals surface area contributed by atoms with E-state index in [-0.39, 0.29) is 40.5 Å². The average Bonchev–Trinajstić information content (AvgIpc) is 3.52. The molecule has 5 rings (SSSR count). The second-order valence-electron chi connectivity index (χ2n) is 8.52. The van der Waals surface area contributed by atoms with Gasteiger partial charge in [-0.05, 0) is 31.6 Å². The predicted octanol–water partition coefficient (Wildman–Crippen LogP) is 4.91. The van der Waals surface area contributed by atoms with Crippen LogP contribution in [0.3, 0.4) is 0 Å². The molecule has 0 aliphatic carbocycles. The lowest BCUT2D eigenvalue weighted by molar-refractivity contribution is -0.125. The molecule has 1 aliphatic rings. The summed E-state index contributed by atoms with van der Waals surface area (Å²) in [5.74, 6) is -9.66. The number of aromatic nitrogens is 4. The molecule has 0 saturated carbocycles. The highest BCUT2D eigenvalue weighted by molar-refractivity contribution is 5.98. The maximum absolute atomic E-state index is 15.3. The van der Waals surface area contributed by atoms with Gasteiger partial charge in [-0.2, -0.15) is 13.9 Å². The Bertz CT molecular complexity index is 1580. The monoisotopic (exact) mass is 530 g/mol. The molecule has 0 bridgehead atoms. The van der Waals surface area contributed by atoms with Crippen molar-refractivity contribution in [1.82, 2.24) is 24.6 Å². The lowest BCUT2D eigenvalue weighted by Crippen LogP contribution is -2.27. The number of rotatable bonds is 5. The molecule has 1 saturated heterocycles. The molecule has 1 amide bonds. The maximum atomic E-state index is 15.3. The zero-order valence-electron chi connectivity index (χ0n) is 19.8. The van der Waals surface area contributed by atoms with Crippen LogP contribution >= 0.6 is 0 Å². The number of allylic oxidation sites excluding steroid dienone is 1. The number of hydrogen-bond acceptors (Lipinski definition) is 6. The fraction of sp³-hybridized carbons (Fsp3) is 0.200. The van der Waals surface area contributed by atoms with Crippen molar-refractivity contribution >= 4 is 22.8 Å². The fourth-order valence-electron chi connectivity index (χ4n) is 4.34. The van der Waals surface area contributed by atoms with Gasteiger partial charge in [0.25, 0.3) is 0 Å². The summed E-state index contributed by atoms with van der Waals surface area (Å²) in [6, 6.07) is 2.92. The van der Waals surface area contributed by atoms with E-state index in [1.54, 1.807) is 22.6 Å². The van der Waals surface area contributed by atoms with Gasteiger partial charge in [0.05, 0.1) is 11.4 Å². The summed E-state index contributed by atoms with van der Waals surface area (Å²) in [5, 5.41) is 4.81. The number of halogens is 5. The summed E-state index contributed by atoms with van der Waals surface area (Å²) >= 11 is 0. The Hall–Kier alpha value is -4.55. The number of ether oxygens (including phenoxy) is 1. The molecule has 4 aromatic rings. The van der Waals surface area contributed by atoms with E-state index in [0.29, 0.717) is 25.2 Å². The molecule has 1 unspecified atom stereocenters. The number of likely N-dealkylation sites (tertiary alicyclic amines) is 1. The van der Waals surface area contributed by atoms with Gasteiger partial charge < -0.3 is 15.4 Å². The standard InChI is InChI=1S/C25H19F5N6O2/c1-2-3-18(37)35-7-6-12(10-35)36-25-19(24(31)32-11-33-25)22(34-36)14-5-4-13(8-15(14)26)38-23-20(29)16(27)9-17(28)21(23)30/h2-5,8-9,11-12H,6-7,10H2,1H3,(H2,31,32,33). The minimum absolute atomic E-state index is 0.0368. The highest BCUT2D eigenvalue weighted by atomic mass is 19.2. The Morgan fingerprint density at radius 3 is 2.50 bits per heavy atom. The van der Waals surface area contributed by atoms with E-state index >= 15 is 4.39 Å². The molecule has 0 radical (unpaired) electrons. The molecule has 1 atom stereocenters. The Morgan fingerprint density at radius 2 is 1.82 bits per heavy atom. The van der Waals surface area contributed by atoms with E-state index in [0.717, 1.165) is 12.1 Å². The minimum atomic E-state index is -1.76. The maximum Gasteiger partial charge on any atom is 0.246 e. The third-order valence-corrected chi connectivity index (χ3v) is 6.14. The van der Waals surface area contributed by atoms with E-state index in [2.05, 4.69) is 15.1 Å². The van der Waals surface area contributed by atoms with Crippen molar-refractivity contribution in [3.8, 4) is 22.8 Å². The number of nitrogens with two attached hydrogens (primary N) is 1. The summed E-state index contributed by atoms with van der Waals surface area (Å²) in [6.07, 6.45) is 4.92. The molecule has 196 valence electrons. The van der Waals surface area contributed by atoms with Crippen LogP contribution in [0.2, 0.25) is 0 Å². The summed E-state index contributed by atoms with van der Waals surface area (Å²) < 4.78 is 76.8. The number of fused-ring (bicyclic) bond motifs is 1. The first-order chi connectivity index (χ1) is 18.2. The topological polar surface area (TPSA) is 99.2 Å². The highest BCUT2D eigenvalue weighted by Crippen LogP contribution is 2.37.